The molecular weight excluding hydrogens is 184 g/mol. The molecule has 0 radical (unpaired) electrons. The van der Waals surface area contributed by atoms with Crippen molar-refractivity contribution in [2.24, 2.45) is 0 Å². The molecule has 0 saturated heterocycles. The van der Waals surface area contributed by atoms with E-state index < -0.39 is 0 Å². The Morgan fingerprint density at radius 3 is 3.07 bits per heavy atom. The summed E-state index contributed by atoms with van der Waals surface area (Å²) in [5.74, 6) is 0. The van der Waals surface area contributed by atoms with Gasteiger partial charge in [-0.15, -0.1) is 0 Å². The van der Waals surface area contributed by atoms with E-state index in [9.17, 15) is 0 Å². The lowest BCUT2D eigenvalue weighted by atomic mass is 10.1. The smallest absolute Gasteiger partial charge is 0.0415 e. The van der Waals surface area contributed by atoms with Crippen molar-refractivity contribution in [2.45, 2.75) is 13.5 Å². The van der Waals surface area contributed by atoms with Crippen molar-refractivity contribution in [3.8, 4) is 0 Å². The van der Waals surface area contributed by atoms with Crippen LogP contribution in [0.1, 0.15) is 12.5 Å². The number of nitrogens with zero attached hydrogens (tertiary/aromatic N) is 1. The summed E-state index contributed by atoms with van der Waals surface area (Å²) in [5, 5.41) is 3.44. The summed E-state index contributed by atoms with van der Waals surface area (Å²) in [4.78, 5) is 2.40. The Kier molecular flexibility index (Phi) is 3.07. The first-order chi connectivity index (χ1) is 7.27. The molecule has 0 unspecified atom stereocenters. The van der Waals surface area contributed by atoms with E-state index in [0.29, 0.717) is 0 Å². The van der Waals surface area contributed by atoms with Crippen molar-refractivity contribution in [3.05, 3.63) is 42.0 Å². The topological polar surface area (TPSA) is 15.3 Å². The predicted molar refractivity (Wildman–Crippen MR) is 65.2 cm³/mol. The van der Waals surface area contributed by atoms with Crippen LogP contribution in [0.5, 0.6) is 0 Å². The molecule has 2 nitrogen and oxygen atoms in total. The molecule has 0 fully saturated rings. The van der Waals surface area contributed by atoms with Crippen LogP contribution in [0.3, 0.4) is 0 Å². The van der Waals surface area contributed by atoms with E-state index in [0.717, 1.165) is 26.2 Å². The van der Waals surface area contributed by atoms with Crippen LogP contribution in [-0.2, 0) is 6.54 Å². The Labute approximate surface area is 91.6 Å². The fourth-order valence-electron chi connectivity index (χ4n) is 2.02. The summed E-state index contributed by atoms with van der Waals surface area (Å²) in [6.07, 6.45) is 0. The number of hydrogen-bond donors (Lipinski definition) is 1. The van der Waals surface area contributed by atoms with Gasteiger partial charge in [0.2, 0.25) is 0 Å². The van der Waals surface area contributed by atoms with Gasteiger partial charge in [-0.3, -0.25) is 0 Å². The molecule has 0 saturated carbocycles. The predicted octanol–water partition coefficient (Wildman–Crippen LogP) is 2.17. The van der Waals surface area contributed by atoms with Crippen LogP contribution in [0, 0.1) is 0 Å². The third-order valence-electron chi connectivity index (χ3n) is 2.67. The van der Waals surface area contributed by atoms with Crippen LogP contribution < -0.4 is 10.2 Å². The Bertz CT molecular complexity index is 357. The molecule has 1 aromatic rings. The van der Waals surface area contributed by atoms with Gasteiger partial charge in [-0.1, -0.05) is 30.4 Å². The molecule has 1 aliphatic heterocycles. The zero-order valence-electron chi connectivity index (χ0n) is 9.29. The summed E-state index contributed by atoms with van der Waals surface area (Å²) in [7, 11) is 0. The van der Waals surface area contributed by atoms with Crippen LogP contribution in [0.4, 0.5) is 5.69 Å². The number of anilines is 1. The molecule has 0 atom stereocenters. The molecule has 2 rings (SSSR count). The molecule has 0 aliphatic carbocycles. The highest BCUT2D eigenvalue weighted by molar-refractivity contribution is 5.55. The van der Waals surface area contributed by atoms with E-state index in [-0.39, 0.29) is 0 Å². The van der Waals surface area contributed by atoms with E-state index in [1.807, 2.05) is 0 Å². The van der Waals surface area contributed by atoms with E-state index in [4.69, 9.17) is 0 Å². The van der Waals surface area contributed by atoms with Crippen molar-refractivity contribution < 1.29 is 0 Å². The molecule has 80 valence electrons. The van der Waals surface area contributed by atoms with Crippen LogP contribution in [0.25, 0.3) is 0 Å². The number of para-hydroxylation sites is 1. The van der Waals surface area contributed by atoms with Gasteiger partial charge in [0.15, 0.2) is 0 Å². The number of fused-ring (bicyclic) bond motifs is 1. The van der Waals surface area contributed by atoms with Gasteiger partial charge in [0.1, 0.15) is 0 Å². The van der Waals surface area contributed by atoms with Gasteiger partial charge >= 0.3 is 0 Å². The third-order valence-corrected chi connectivity index (χ3v) is 2.67. The Morgan fingerprint density at radius 2 is 2.27 bits per heavy atom. The second kappa shape index (κ2) is 4.49. The highest BCUT2D eigenvalue weighted by Gasteiger charge is 2.13. The number of benzene rings is 1. The summed E-state index contributed by atoms with van der Waals surface area (Å²) < 4.78 is 0. The van der Waals surface area contributed by atoms with Crippen molar-refractivity contribution in [1.82, 2.24) is 5.32 Å². The highest BCUT2D eigenvalue weighted by Crippen LogP contribution is 2.22. The van der Waals surface area contributed by atoms with Crippen molar-refractivity contribution in [3.63, 3.8) is 0 Å². The van der Waals surface area contributed by atoms with Crippen LogP contribution >= 0.6 is 0 Å². The molecule has 1 aliphatic rings. The Morgan fingerprint density at radius 1 is 1.47 bits per heavy atom. The number of nitrogens with one attached hydrogen (secondary N) is 1. The van der Waals surface area contributed by atoms with Crippen molar-refractivity contribution in [1.29, 1.82) is 0 Å². The summed E-state index contributed by atoms with van der Waals surface area (Å²) in [5.41, 5.74) is 3.95. The minimum absolute atomic E-state index is 0.957. The van der Waals surface area contributed by atoms with Gasteiger partial charge in [-0.25, -0.2) is 0 Å². The van der Waals surface area contributed by atoms with Crippen LogP contribution in [-0.4, -0.2) is 19.6 Å². The first kappa shape index (κ1) is 10.2. The quantitative estimate of drug-likeness (QED) is 0.739. The van der Waals surface area contributed by atoms with Gasteiger partial charge in [0, 0.05) is 31.9 Å². The van der Waals surface area contributed by atoms with Gasteiger partial charge in [-0.2, -0.15) is 0 Å². The maximum atomic E-state index is 3.99. The summed E-state index contributed by atoms with van der Waals surface area (Å²) in [6.45, 7) is 10.1. The molecule has 0 amide bonds. The monoisotopic (exact) mass is 202 g/mol. The SMILES string of the molecule is C=C(C)CN1CCNCc2ccccc21. The van der Waals surface area contributed by atoms with Crippen LogP contribution in [0.15, 0.2) is 36.4 Å². The minimum Gasteiger partial charge on any atom is -0.366 e. The standard InChI is InChI=1S/C13H18N2/c1-11(2)10-15-8-7-14-9-12-5-3-4-6-13(12)15/h3-6,14H,1,7-10H2,2H3. The van der Waals surface area contributed by atoms with E-state index in [1.54, 1.807) is 0 Å². The molecule has 1 N–H and O–H groups in total. The maximum Gasteiger partial charge on any atom is 0.0415 e. The molecule has 2 heteroatoms. The van der Waals surface area contributed by atoms with Gasteiger partial charge < -0.3 is 10.2 Å². The average molecular weight is 202 g/mol. The lowest BCUT2D eigenvalue weighted by Gasteiger charge is -2.24. The second-order valence-electron chi connectivity index (χ2n) is 4.18. The number of hydrogen-bond acceptors (Lipinski definition) is 2. The van der Waals surface area contributed by atoms with Crippen molar-refractivity contribution in [2.75, 3.05) is 24.5 Å². The zero-order valence-corrected chi connectivity index (χ0v) is 9.29. The molecular formula is C13H18N2. The molecule has 15 heavy (non-hydrogen) atoms. The molecule has 0 aromatic heterocycles. The fourth-order valence-corrected chi connectivity index (χ4v) is 2.02. The lowest BCUT2D eigenvalue weighted by molar-refractivity contribution is 0.697. The molecule has 0 spiro atoms. The van der Waals surface area contributed by atoms with Crippen LogP contribution in [0.2, 0.25) is 0 Å². The number of rotatable bonds is 2. The minimum atomic E-state index is 0.957. The zero-order chi connectivity index (χ0) is 10.7. The first-order valence-electron chi connectivity index (χ1n) is 5.45. The summed E-state index contributed by atoms with van der Waals surface area (Å²) >= 11 is 0. The second-order valence-corrected chi connectivity index (χ2v) is 4.18. The summed E-state index contributed by atoms with van der Waals surface area (Å²) in [6, 6.07) is 8.60. The lowest BCUT2D eigenvalue weighted by Crippen LogP contribution is -2.29. The Balaban J connectivity index is 2.28. The van der Waals surface area contributed by atoms with Gasteiger partial charge in [0.25, 0.3) is 0 Å². The average Bonchev–Trinajstić information content (AvgIpc) is 2.41. The Hall–Kier alpha value is -1.28. The van der Waals surface area contributed by atoms with E-state index in [2.05, 4.69) is 48.0 Å². The maximum absolute atomic E-state index is 3.99. The van der Waals surface area contributed by atoms with E-state index >= 15 is 0 Å². The molecule has 1 heterocycles. The van der Waals surface area contributed by atoms with Gasteiger partial charge in [0.05, 0.1) is 0 Å². The van der Waals surface area contributed by atoms with E-state index in [1.165, 1.54) is 16.8 Å². The third kappa shape index (κ3) is 2.39. The fraction of sp³-hybridized carbons (Fsp3) is 0.385. The molecule has 0 bridgehead atoms. The van der Waals surface area contributed by atoms with Crippen molar-refractivity contribution >= 4 is 5.69 Å². The largest absolute Gasteiger partial charge is 0.366 e. The van der Waals surface area contributed by atoms with Gasteiger partial charge in [-0.05, 0) is 18.6 Å². The highest BCUT2D eigenvalue weighted by atomic mass is 15.2. The normalized spacial score (nSPS) is 15.7. The molecule has 1 aromatic carbocycles. The first-order valence-corrected chi connectivity index (χ1v) is 5.45.